The van der Waals surface area contributed by atoms with Gasteiger partial charge in [0.1, 0.15) is 11.5 Å². The van der Waals surface area contributed by atoms with Crippen molar-refractivity contribution in [1.82, 2.24) is 0 Å². The van der Waals surface area contributed by atoms with Gasteiger partial charge in [-0.2, -0.15) is 0 Å². The summed E-state index contributed by atoms with van der Waals surface area (Å²) in [5.74, 6) is -0.0286. The Labute approximate surface area is 202 Å². The second kappa shape index (κ2) is 8.30. The number of carbonyl (C=O) groups is 3. The number of hydrogen-bond acceptors (Lipinski definition) is 5. The van der Waals surface area contributed by atoms with Crippen LogP contribution in [0.2, 0.25) is 0 Å². The first-order chi connectivity index (χ1) is 15.4. The quantitative estimate of drug-likeness (QED) is 0.236. The summed E-state index contributed by atoms with van der Waals surface area (Å²) >= 11 is 7.39. The maximum Gasteiger partial charge on any atom is 0.349 e. The Morgan fingerprint density at radius 1 is 0.969 bits per heavy atom. The maximum atomic E-state index is 13.1. The Morgan fingerprint density at radius 3 is 2.16 bits per heavy atom. The van der Waals surface area contributed by atoms with Gasteiger partial charge in [-0.05, 0) is 61.1 Å². The molecular formula is C24H21Br2NO5. The molecule has 8 heteroatoms. The average Bonchev–Trinajstić information content (AvgIpc) is 3.39. The number of fused-ring (bicyclic) bond motifs is 5. The molecule has 6 atom stereocenters. The molecule has 32 heavy (non-hydrogen) atoms. The number of nitrogens with zero attached hydrogens (tertiary/aromatic N) is 1. The van der Waals surface area contributed by atoms with Gasteiger partial charge in [-0.25, -0.2) is 4.79 Å². The molecule has 2 amide bonds. The Morgan fingerprint density at radius 2 is 1.56 bits per heavy atom. The van der Waals surface area contributed by atoms with Crippen molar-refractivity contribution in [2.75, 3.05) is 11.5 Å². The lowest BCUT2D eigenvalue weighted by Crippen LogP contribution is -2.37. The van der Waals surface area contributed by atoms with E-state index in [0.717, 1.165) is 12.0 Å². The number of para-hydroxylation sites is 1. The van der Waals surface area contributed by atoms with Crippen molar-refractivity contribution < 1.29 is 23.9 Å². The minimum atomic E-state index is -0.535. The zero-order valence-electron chi connectivity index (χ0n) is 17.2. The highest BCUT2D eigenvalue weighted by Crippen LogP contribution is 2.60. The molecule has 166 valence electrons. The van der Waals surface area contributed by atoms with Crippen LogP contribution in [0.15, 0.2) is 48.5 Å². The topological polar surface area (TPSA) is 72.9 Å². The highest BCUT2D eigenvalue weighted by Gasteiger charge is 2.66. The minimum absolute atomic E-state index is 0.132. The summed E-state index contributed by atoms with van der Waals surface area (Å²) in [6, 6.07) is 13.9. The molecule has 0 N–H and O–H groups in total. The van der Waals surface area contributed by atoms with E-state index >= 15 is 0 Å². The zero-order chi connectivity index (χ0) is 22.6. The van der Waals surface area contributed by atoms with Crippen molar-refractivity contribution in [2.45, 2.75) is 23.0 Å². The molecule has 6 nitrogen and oxygen atoms in total. The molecule has 1 aliphatic heterocycles. The van der Waals surface area contributed by atoms with E-state index in [0.29, 0.717) is 17.2 Å². The largest absolute Gasteiger partial charge is 0.482 e. The summed E-state index contributed by atoms with van der Waals surface area (Å²) in [4.78, 5) is 40.1. The normalized spacial score (nSPS) is 30.5. The number of hydrogen-bond donors (Lipinski definition) is 0. The zero-order valence-corrected chi connectivity index (χ0v) is 20.4. The van der Waals surface area contributed by atoms with E-state index in [2.05, 4.69) is 31.9 Å². The van der Waals surface area contributed by atoms with Crippen LogP contribution < -0.4 is 14.4 Å². The number of anilines is 1. The maximum absolute atomic E-state index is 13.1. The van der Waals surface area contributed by atoms with Crippen LogP contribution in [0.25, 0.3) is 0 Å². The van der Waals surface area contributed by atoms with Crippen LogP contribution in [-0.4, -0.2) is 34.0 Å². The van der Waals surface area contributed by atoms with Crippen molar-refractivity contribution in [3.63, 3.8) is 0 Å². The van der Waals surface area contributed by atoms with E-state index in [1.807, 2.05) is 25.1 Å². The van der Waals surface area contributed by atoms with E-state index in [1.54, 1.807) is 30.3 Å². The number of aryl methyl sites for hydroxylation is 1. The molecule has 0 radical (unpaired) electrons. The van der Waals surface area contributed by atoms with E-state index in [4.69, 9.17) is 9.47 Å². The fourth-order valence-corrected chi connectivity index (χ4v) is 7.16. The third kappa shape index (κ3) is 3.48. The van der Waals surface area contributed by atoms with Gasteiger partial charge >= 0.3 is 5.97 Å². The third-order valence-electron chi connectivity index (χ3n) is 6.75. The molecule has 1 saturated heterocycles. The number of alkyl halides is 2. The smallest absolute Gasteiger partial charge is 0.349 e. The van der Waals surface area contributed by atoms with E-state index < -0.39 is 5.97 Å². The van der Waals surface area contributed by atoms with Gasteiger partial charge in [-0.15, -0.1) is 0 Å². The number of benzene rings is 2. The van der Waals surface area contributed by atoms with Crippen LogP contribution in [-0.2, 0) is 14.4 Å². The Bertz CT molecular complexity index is 1060. The Hall–Kier alpha value is -2.19. The van der Waals surface area contributed by atoms with Crippen LogP contribution in [0.4, 0.5) is 5.69 Å². The van der Waals surface area contributed by atoms with Crippen molar-refractivity contribution in [2.24, 2.45) is 23.7 Å². The molecule has 2 aromatic carbocycles. The number of rotatable bonds is 5. The minimum Gasteiger partial charge on any atom is -0.482 e. The second-order valence-corrected chi connectivity index (χ2v) is 10.7. The van der Waals surface area contributed by atoms with Gasteiger partial charge in [0, 0.05) is 9.65 Å². The lowest BCUT2D eigenvalue weighted by atomic mass is 9.81. The summed E-state index contributed by atoms with van der Waals surface area (Å²) < 4.78 is 10.8. The van der Waals surface area contributed by atoms with Crippen LogP contribution in [0.5, 0.6) is 11.5 Å². The van der Waals surface area contributed by atoms with E-state index in [9.17, 15) is 14.4 Å². The predicted molar refractivity (Wildman–Crippen MR) is 125 cm³/mol. The molecule has 0 spiro atoms. The summed E-state index contributed by atoms with van der Waals surface area (Å²) in [6.07, 6.45) is 0.895. The van der Waals surface area contributed by atoms with Crippen molar-refractivity contribution in [3.05, 3.63) is 54.1 Å². The van der Waals surface area contributed by atoms with Crippen molar-refractivity contribution in [1.29, 1.82) is 0 Å². The Kier molecular flexibility index (Phi) is 5.61. The van der Waals surface area contributed by atoms with Gasteiger partial charge in [-0.3, -0.25) is 14.5 Å². The first kappa shape index (κ1) is 21.6. The Balaban J connectivity index is 1.24. The van der Waals surface area contributed by atoms with Gasteiger partial charge in [0.2, 0.25) is 11.8 Å². The lowest BCUT2D eigenvalue weighted by Gasteiger charge is -2.28. The van der Waals surface area contributed by atoms with Crippen molar-refractivity contribution in [3.8, 4) is 11.5 Å². The second-order valence-electron chi connectivity index (χ2n) is 8.54. The summed E-state index contributed by atoms with van der Waals surface area (Å²) in [7, 11) is 0. The highest BCUT2D eigenvalue weighted by molar-refractivity contribution is 9.12. The van der Waals surface area contributed by atoms with Crippen molar-refractivity contribution >= 4 is 55.3 Å². The van der Waals surface area contributed by atoms with Gasteiger partial charge in [0.15, 0.2) is 6.61 Å². The molecule has 2 bridgehead atoms. The molecule has 2 aliphatic carbocycles. The number of esters is 1. The fourth-order valence-electron chi connectivity index (χ4n) is 5.28. The molecule has 3 fully saturated rings. The van der Waals surface area contributed by atoms with E-state index in [-0.39, 0.29) is 51.7 Å². The number of ether oxygens (including phenoxy) is 2. The molecule has 2 aromatic rings. The monoisotopic (exact) mass is 561 g/mol. The summed E-state index contributed by atoms with van der Waals surface area (Å²) in [5.41, 5.74) is 1.43. The SMILES string of the molecule is Cc1ccccc1OCC(=O)Oc1ccc(N2C(=O)[C@@H]3[C@H]4C[C@@H]([C@H](Br)[C@H]4Br)[C@H]3C2=O)cc1. The number of imide groups is 1. The fraction of sp³-hybridized carbons (Fsp3) is 0.375. The number of carbonyl (C=O) groups excluding carboxylic acids is 3. The average molecular weight is 563 g/mol. The number of halogens is 2. The molecule has 5 rings (SSSR count). The highest BCUT2D eigenvalue weighted by atomic mass is 79.9. The lowest BCUT2D eigenvalue weighted by molar-refractivity contribution is -0.136. The first-order valence-corrected chi connectivity index (χ1v) is 12.3. The van der Waals surface area contributed by atoms with Gasteiger partial charge in [0.05, 0.1) is 17.5 Å². The molecule has 2 saturated carbocycles. The number of amides is 2. The van der Waals surface area contributed by atoms with Gasteiger partial charge in [0.25, 0.3) is 0 Å². The van der Waals surface area contributed by atoms with Gasteiger partial charge in [-0.1, -0.05) is 50.1 Å². The standard InChI is InChI=1S/C24H21Br2NO5/c1-12-4-2-3-5-17(12)31-11-18(28)32-14-8-6-13(7-9-14)27-23(29)19-15-10-16(20(19)24(27)30)22(26)21(15)25/h2-9,15-16,19-22H,10-11H2,1H3/t15-,16-,19-,20-,21+,22+/m1/s1. The van der Waals surface area contributed by atoms with E-state index in [1.165, 1.54) is 4.90 Å². The van der Waals surface area contributed by atoms with Crippen LogP contribution in [0, 0.1) is 30.6 Å². The summed E-state index contributed by atoms with van der Waals surface area (Å²) in [6.45, 7) is 1.68. The van der Waals surface area contributed by atoms with Crippen LogP contribution >= 0.6 is 31.9 Å². The van der Waals surface area contributed by atoms with Crippen LogP contribution in [0.3, 0.4) is 0 Å². The molecule has 3 aliphatic rings. The first-order valence-electron chi connectivity index (χ1n) is 10.5. The van der Waals surface area contributed by atoms with Gasteiger partial charge < -0.3 is 9.47 Å². The third-order valence-corrected chi connectivity index (χ3v) is 9.96. The molecule has 0 unspecified atom stereocenters. The summed E-state index contributed by atoms with van der Waals surface area (Å²) in [5, 5.41) is 0. The predicted octanol–water partition coefficient (Wildman–Crippen LogP) is 4.26. The molecule has 1 heterocycles. The molecular weight excluding hydrogens is 542 g/mol. The van der Waals surface area contributed by atoms with Crippen LogP contribution in [0.1, 0.15) is 12.0 Å². The molecule has 0 aromatic heterocycles.